The van der Waals surface area contributed by atoms with Crippen LogP contribution in [0, 0.1) is 0 Å². The summed E-state index contributed by atoms with van der Waals surface area (Å²) in [6.45, 7) is 3.31. The molecule has 0 aliphatic heterocycles. The number of nitrogens with two attached hydrogens (primary N) is 1. The van der Waals surface area contributed by atoms with Gasteiger partial charge in [0.25, 0.3) is 0 Å². The number of hydrogen-bond donors (Lipinski definition) is 1. The third kappa shape index (κ3) is 3.12. The predicted octanol–water partition coefficient (Wildman–Crippen LogP) is 2.04. The van der Waals surface area contributed by atoms with Crippen LogP contribution in [0.3, 0.4) is 0 Å². The Balaban J connectivity index is 2.79. The van der Waals surface area contributed by atoms with Crippen molar-refractivity contribution >= 4 is 6.03 Å². The molecule has 1 fully saturated rings. The van der Waals surface area contributed by atoms with Gasteiger partial charge in [-0.3, -0.25) is 0 Å². The SMILES string of the molecule is CCN(C)C(=O)N(C)C1(CN)CCCCCC1. The standard InChI is InChI=1S/C13H27N3O/c1-4-15(2)12(17)16(3)13(11-14)9-7-5-6-8-10-13/h4-11,14H2,1-3H3. The van der Waals surface area contributed by atoms with Gasteiger partial charge in [0, 0.05) is 27.2 Å². The van der Waals surface area contributed by atoms with Crippen molar-refractivity contribution in [2.75, 3.05) is 27.2 Å². The summed E-state index contributed by atoms with van der Waals surface area (Å²) in [6.07, 6.45) is 7.00. The minimum absolute atomic E-state index is 0.0971. The molecule has 0 heterocycles. The Kier molecular flexibility index (Phi) is 5.25. The molecule has 4 nitrogen and oxygen atoms in total. The Hall–Kier alpha value is -0.770. The number of carbonyl (C=O) groups is 1. The lowest BCUT2D eigenvalue weighted by atomic mass is 9.89. The lowest BCUT2D eigenvalue weighted by Crippen LogP contribution is -2.57. The summed E-state index contributed by atoms with van der Waals surface area (Å²) in [5, 5.41) is 0. The maximum Gasteiger partial charge on any atom is 0.319 e. The van der Waals surface area contributed by atoms with Crippen LogP contribution in [0.15, 0.2) is 0 Å². The number of carbonyl (C=O) groups excluding carboxylic acids is 1. The van der Waals surface area contributed by atoms with Crippen LogP contribution >= 0.6 is 0 Å². The first-order chi connectivity index (χ1) is 8.07. The van der Waals surface area contributed by atoms with E-state index < -0.39 is 0 Å². The summed E-state index contributed by atoms with van der Waals surface area (Å²) >= 11 is 0. The van der Waals surface area contributed by atoms with Crippen molar-refractivity contribution in [1.82, 2.24) is 9.80 Å². The molecule has 1 rings (SSSR count). The van der Waals surface area contributed by atoms with Crippen LogP contribution in [0.1, 0.15) is 45.4 Å². The molecule has 0 aromatic heterocycles. The molecule has 4 heteroatoms. The molecular formula is C13H27N3O. The Morgan fingerprint density at radius 3 is 2.12 bits per heavy atom. The van der Waals surface area contributed by atoms with Gasteiger partial charge < -0.3 is 15.5 Å². The smallest absolute Gasteiger partial charge is 0.319 e. The first-order valence-corrected chi connectivity index (χ1v) is 6.76. The fourth-order valence-corrected chi connectivity index (χ4v) is 2.66. The molecule has 2 amide bonds. The molecular weight excluding hydrogens is 214 g/mol. The van der Waals surface area contributed by atoms with Crippen molar-refractivity contribution in [3.8, 4) is 0 Å². The topological polar surface area (TPSA) is 49.6 Å². The van der Waals surface area contributed by atoms with Crippen LogP contribution in [0.2, 0.25) is 0 Å². The second-order valence-corrected chi connectivity index (χ2v) is 5.20. The van der Waals surface area contributed by atoms with E-state index in [0.29, 0.717) is 6.54 Å². The second kappa shape index (κ2) is 6.24. The highest BCUT2D eigenvalue weighted by atomic mass is 16.2. The largest absolute Gasteiger partial charge is 0.328 e. The Labute approximate surface area is 105 Å². The molecule has 0 unspecified atom stereocenters. The molecule has 100 valence electrons. The summed E-state index contributed by atoms with van der Waals surface area (Å²) in [6, 6.07) is 0.0971. The van der Waals surface area contributed by atoms with Gasteiger partial charge in [-0.1, -0.05) is 25.7 Å². The molecule has 1 saturated carbocycles. The van der Waals surface area contributed by atoms with Gasteiger partial charge in [-0.05, 0) is 19.8 Å². The monoisotopic (exact) mass is 241 g/mol. The third-order valence-corrected chi connectivity index (χ3v) is 4.21. The maximum atomic E-state index is 12.2. The fourth-order valence-electron chi connectivity index (χ4n) is 2.66. The van der Waals surface area contributed by atoms with Crippen LogP contribution in [0.25, 0.3) is 0 Å². The van der Waals surface area contributed by atoms with Crippen LogP contribution in [-0.4, -0.2) is 48.6 Å². The van der Waals surface area contributed by atoms with Crippen LogP contribution in [-0.2, 0) is 0 Å². The van der Waals surface area contributed by atoms with Crippen LogP contribution < -0.4 is 5.73 Å². The predicted molar refractivity (Wildman–Crippen MR) is 71.0 cm³/mol. The minimum Gasteiger partial charge on any atom is -0.328 e. The Bertz CT molecular complexity index is 247. The fraction of sp³-hybridized carbons (Fsp3) is 0.923. The number of hydrogen-bond acceptors (Lipinski definition) is 2. The quantitative estimate of drug-likeness (QED) is 0.769. The van der Waals surface area contributed by atoms with E-state index in [0.717, 1.165) is 19.4 Å². The van der Waals surface area contributed by atoms with E-state index in [1.54, 1.807) is 4.90 Å². The van der Waals surface area contributed by atoms with Gasteiger partial charge in [0.15, 0.2) is 0 Å². The number of likely N-dealkylation sites (N-methyl/N-ethyl adjacent to an activating group) is 1. The zero-order chi connectivity index (χ0) is 12.9. The highest BCUT2D eigenvalue weighted by Gasteiger charge is 2.37. The van der Waals surface area contributed by atoms with Crippen LogP contribution in [0.5, 0.6) is 0 Å². The van der Waals surface area contributed by atoms with Crippen molar-refractivity contribution in [2.45, 2.75) is 51.0 Å². The van der Waals surface area contributed by atoms with Crippen molar-refractivity contribution in [3.05, 3.63) is 0 Å². The van der Waals surface area contributed by atoms with Gasteiger partial charge in [-0.25, -0.2) is 4.79 Å². The molecule has 0 radical (unpaired) electrons. The van der Waals surface area contributed by atoms with Gasteiger partial charge in [-0.15, -0.1) is 0 Å². The molecule has 0 aromatic carbocycles. The summed E-state index contributed by atoms with van der Waals surface area (Å²) in [4.78, 5) is 15.9. The van der Waals surface area contributed by atoms with Crippen molar-refractivity contribution in [1.29, 1.82) is 0 Å². The summed E-state index contributed by atoms with van der Waals surface area (Å²) in [7, 11) is 3.76. The first-order valence-electron chi connectivity index (χ1n) is 6.76. The van der Waals surface area contributed by atoms with Crippen molar-refractivity contribution < 1.29 is 4.79 Å². The third-order valence-electron chi connectivity index (χ3n) is 4.21. The first kappa shape index (κ1) is 14.3. The highest BCUT2D eigenvalue weighted by Crippen LogP contribution is 2.31. The summed E-state index contributed by atoms with van der Waals surface area (Å²) in [5.74, 6) is 0. The maximum absolute atomic E-state index is 12.2. The molecule has 1 aliphatic rings. The van der Waals surface area contributed by atoms with Crippen LogP contribution in [0.4, 0.5) is 4.79 Å². The zero-order valence-electron chi connectivity index (χ0n) is 11.5. The lowest BCUT2D eigenvalue weighted by molar-refractivity contribution is 0.102. The average Bonchev–Trinajstić information content (AvgIpc) is 2.62. The number of urea groups is 1. The van der Waals surface area contributed by atoms with Gasteiger partial charge in [0.1, 0.15) is 0 Å². The normalized spacial score (nSPS) is 19.5. The van der Waals surface area contributed by atoms with E-state index in [1.807, 2.05) is 25.9 Å². The average molecular weight is 241 g/mol. The van der Waals surface area contributed by atoms with Gasteiger partial charge in [0.2, 0.25) is 0 Å². The van der Waals surface area contributed by atoms with E-state index in [-0.39, 0.29) is 11.6 Å². The van der Waals surface area contributed by atoms with Gasteiger partial charge >= 0.3 is 6.03 Å². The molecule has 0 aromatic rings. The minimum atomic E-state index is -0.114. The second-order valence-electron chi connectivity index (χ2n) is 5.20. The molecule has 2 N–H and O–H groups in total. The van der Waals surface area contributed by atoms with Gasteiger partial charge in [-0.2, -0.15) is 0 Å². The van der Waals surface area contributed by atoms with E-state index >= 15 is 0 Å². The van der Waals surface area contributed by atoms with E-state index in [1.165, 1.54) is 25.7 Å². The zero-order valence-corrected chi connectivity index (χ0v) is 11.5. The van der Waals surface area contributed by atoms with E-state index in [9.17, 15) is 4.79 Å². The molecule has 0 spiro atoms. The molecule has 1 aliphatic carbocycles. The number of nitrogens with zero attached hydrogens (tertiary/aromatic N) is 2. The highest BCUT2D eigenvalue weighted by molar-refractivity contribution is 5.74. The van der Waals surface area contributed by atoms with E-state index in [2.05, 4.69) is 0 Å². The number of amides is 2. The van der Waals surface area contributed by atoms with Crippen molar-refractivity contribution in [3.63, 3.8) is 0 Å². The number of rotatable bonds is 3. The van der Waals surface area contributed by atoms with Gasteiger partial charge in [0.05, 0.1) is 5.54 Å². The Morgan fingerprint density at radius 1 is 1.18 bits per heavy atom. The summed E-state index contributed by atoms with van der Waals surface area (Å²) < 4.78 is 0. The molecule has 17 heavy (non-hydrogen) atoms. The lowest BCUT2D eigenvalue weighted by Gasteiger charge is -2.42. The Morgan fingerprint density at radius 2 is 1.71 bits per heavy atom. The molecule has 0 saturated heterocycles. The van der Waals surface area contributed by atoms with E-state index in [4.69, 9.17) is 5.73 Å². The molecule has 0 atom stereocenters. The summed E-state index contributed by atoms with van der Waals surface area (Å²) in [5.41, 5.74) is 5.86. The van der Waals surface area contributed by atoms with Crippen molar-refractivity contribution in [2.24, 2.45) is 5.73 Å². The molecule has 0 bridgehead atoms.